The van der Waals surface area contributed by atoms with E-state index in [1.54, 1.807) is 18.9 Å². The van der Waals surface area contributed by atoms with Crippen molar-refractivity contribution < 1.29 is 23.8 Å². The molecule has 0 saturated carbocycles. The van der Waals surface area contributed by atoms with Crippen LogP contribution < -0.4 is 10.1 Å². The molecule has 0 fully saturated rings. The number of carbonyl (C=O) groups excluding carboxylic acids is 2. The summed E-state index contributed by atoms with van der Waals surface area (Å²) in [5.74, 6) is 0.907. The van der Waals surface area contributed by atoms with Crippen LogP contribution in [0.4, 0.5) is 4.79 Å². The van der Waals surface area contributed by atoms with E-state index >= 15 is 0 Å². The van der Waals surface area contributed by atoms with Gasteiger partial charge in [-0.05, 0) is 58.4 Å². The Hall–Kier alpha value is -3.45. The third kappa shape index (κ3) is 6.40. The molecular formula is C29H33NO5S. The third-order valence-electron chi connectivity index (χ3n) is 6.07. The van der Waals surface area contributed by atoms with Gasteiger partial charge in [-0.25, -0.2) is 9.59 Å². The summed E-state index contributed by atoms with van der Waals surface area (Å²) in [7, 11) is 1.60. The first-order valence-electron chi connectivity index (χ1n) is 11.5. The number of amides is 1. The van der Waals surface area contributed by atoms with Crippen LogP contribution in [0.2, 0.25) is 0 Å². The Morgan fingerprint density at radius 3 is 2.11 bits per heavy atom. The number of carbonyl (C=O) groups is 2. The number of methoxy groups -OCH3 is 1. The second-order valence-electron chi connectivity index (χ2n) is 8.26. The highest BCUT2D eigenvalue weighted by molar-refractivity contribution is 7.98. The molecule has 190 valence electrons. The standard InChI is InChI=1S/C28H29NO5S.CH4/c1-32-20-13-11-19(12-14-20)17-33-27(30)26(15-16-35-2)29-28(31)34-18-25-23-9-5-3-7-21(23)22-8-4-6-10-24(22)25;/h3-14,25-26H,15-18H2,1-2H3,(H,29,31);1H4/t26-;/m1./s1. The van der Waals surface area contributed by atoms with E-state index < -0.39 is 18.1 Å². The van der Waals surface area contributed by atoms with Crippen molar-refractivity contribution in [1.29, 1.82) is 0 Å². The lowest BCUT2D eigenvalue weighted by Crippen LogP contribution is -2.42. The molecule has 1 aliphatic rings. The predicted molar refractivity (Wildman–Crippen MR) is 145 cm³/mol. The van der Waals surface area contributed by atoms with Gasteiger partial charge in [-0.1, -0.05) is 68.1 Å². The highest BCUT2D eigenvalue weighted by atomic mass is 32.2. The molecule has 0 bridgehead atoms. The minimum atomic E-state index is -0.781. The SMILES string of the molecule is C.COc1ccc(COC(=O)[C@@H](CCSC)NC(=O)OCC2c3ccccc3-c3ccccc32)cc1. The van der Waals surface area contributed by atoms with Crippen molar-refractivity contribution in [3.8, 4) is 16.9 Å². The van der Waals surface area contributed by atoms with Crippen molar-refractivity contribution >= 4 is 23.8 Å². The van der Waals surface area contributed by atoms with E-state index in [-0.39, 0.29) is 26.6 Å². The zero-order valence-electron chi connectivity index (χ0n) is 19.9. The van der Waals surface area contributed by atoms with Gasteiger partial charge in [0.25, 0.3) is 0 Å². The molecule has 3 aromatic carbocycles. The fourth-order valence-corrected chi connectivity index (χ4v) is 4.72. The molecule has 0 unspecified atom stereocenters. The van der Waals surface area contributed by atoms with Crippen molar-refractivity contribution in [3.05, 3.63) is 89.5 Å². The zero-order chi connectivity index (χ0) is 24.6. The maximum atomic E-state index is 12.7. The number of hydrogen-bond donors (Lipinski definition) is 1. The lowest BCUT2D eigenvalue weighted by atomic mass is 9.98. The molecule has 1 atom stereocenters. The number of hydrogen-bond acceptors (Lipinski definition) is 6. The number of benzene rings is 3. The highest BCUT2D eigenvalue weighted by Gasteiger charge is 2.30. The number of fused-ring (bicyclic) bond motifs is 3. The Morgan fingerprint density at radius 2 is 1.53 bits per heavy atom. The zero-order valence-corrected chi connectivity index (χ0v) is 20.7. The summed E-state index contributed by atoms with van der Waals surface area (Å²) in [5.41, 5.74) is 5.44. The van der Waals surface area contributed by atoms with Crippen molar-refractivity contribution in [2.45, 2.75) is 32.4 Å². The van der Waals surface area contributed by atoms with Gasteiger partial charge < -0.3 is 19.5 Å². The van der Waals surface area contributed by atoms with Gasteiger partial charge in [0, 0.05) is 5.92 Å². The van der Waals surface area contributed by atoms with Gasteiger partial charge in [0.15, 0.2) is 0 Å². The highest BCUT2D eigenvalue weighted by Crippen LogP contribution is 2.44. The van der Waals surface area contributed by atoms with Crippen LogP contribution in [-0.4, -0.2) is 43.8 Å². The molecule has 6 nitrogen and oxygen atoms in total. The molecule has 1 N–H and O–H groups in total. The van der Waals surface area contributed by atoms with E-state index in [0.29, 0.717) is 12.2 Å². The van der Waals surface area contributed by atoms with E-state index in [4.69, 9.17) is 14.2 Å². The van der Waals surface area contributed by atoms with E-state index in [9.17, 15) is 9.59 Å². The Kier molecular flexibility index (Phi) is 9.82. The number of esters is 1. The molecule has 36 heavy (non-hydrogen) atoms. The summed E-state index contributed by atoms with van der Waals surface area (Å²) < 4.78 is 16.2. The lowest BCUT2D eigenvalue weighted by molar-refractivity contribution is -0.147. The Bertz CT molecular complexity index is 1120. The minimum absolute atomic E-state index is 0. The van der Waals surface area contributed by atoms with Crippen molar-refractivity contribution in [2.24, 2.45) is 0 Å². The van der Waals surface area contributed by atoms with Crippen LogP contribution in [-0.2, 0) is 20.9 Å². The van der Waals surface area contributed by atoms with Gasteiger partial charge in [0.2, 0.25) is 0 Å². The maximum Gasteiger partial charge on any atom is 0.407 e. The molecule has 1 amide bonds. The number of alkyl carbamates (subject to hydrolysis) is 1. The molecule has 3 aromatic rings. The summed E-state index contributed by atoms with van der Waals surface area (Å²) in [6, 6.07) is 22.8. The Balaban J connectivity index is 0.00000361. The van der Waals surface area contributed by atoms with Crippen LogP contribution >= 0.6 is 11.8 Å². The summed E-state index contributed by atoms with van der Waals surface area (Å²) in [4.78, 5) is 25.4. The first-order valence-corrected chi connectivity index (χ1v) is 12.9. The minimum Gasteiger partial charge on any atom is -0.497 e. The molecule has 0 aliphatic heterocycles. The Morgan fingerprint density at radius 1 is 0.917 bits per heavy atom. The molecule has 0 radical (unpaired) electrons. The molecule has 7 heteroatoms. The van der Waals surface area contributed by atoms with E-state index in [1.807, 2.05) is 54.8 Å². The fourth-order valence-electron chi connectivity index (χ4n) is 4.24. The Labute approximate surface area is 217 Å². The van der Waals surface area contributed by atoms with Gasteiger partial charge in [0.05, 0.1) is 7.11 Å². The second-order valence-corrected chi connectivity index (χ2v) is 9.25. The predicted octanol–water partition coefficient (Wildman–Crippen LogP) is 6.03. The molecule has 0 spiro atoms. The molecule has 0 saturated heterocycles. The first kappa shape index (κ1) is 27.1. The topological polar surface area (TPSA) is 73.9 Å². The molecular weight excluding hydrogens is 474 g/mol. The van der Waals surface area contributed by atoms with Gasteiger partial charge >= 0.3 is 12.1 Å². The first-order chi connectivity index (χ1) is 17.1. The fraction of sp³-hybridized carbons (Fsp3) is 0.310. The average molecular weight is 508 g/mol. The van der Waals surface area contributed by atoms with Crippen molar-refractivity contribution in [1.82, 2.24) is 5.32 Å². The van der Waals surface area contributed by atoms with E-state index in [1.165, 1.54) is 0 Å². The summed E-state index contributed by atoms with van der Waals surface area (Å²) in [6.45, 7) is 0.307. The smallest absolute Gasteiger partial charge is 0.407 e. The number of thioether (sulfide) groups is 1. The van der Waals surface area contributed by atoms with Gasteiger partial charge in [0.1, 0.15) is 25.0 Å². The number of rotatable bonds is 10. The maximum absolute atomic E-state index is 12.7. The van der Waals surface area contributed by atoms with Crippen molar-refractivity contribution in [2.75, 3.05) is 25.7 Å². The molecule has 0 heterocycles. The van der Waals surface area contributed by atoms with Gasteiger partial charge in [-0.2, -0.15) is 11.8 Å². The van der Waals surface area contributed by atoms with Crippen molar-refractivity contribution in [3.63, 3.8) is 0 Å². The molecule has 0 aromatic heterocycles. The average Bonchev–Trinajstić information content (AvgIpc) is 3.22. The summed E-state index contributed by atoms with van der Waals surface area (Å²) >= 11 is 1.60. The quantitative estimate of drug-likeness (QED) is 0.338. The summed E-state index contributed by atoms with van der Waals surface area (Å²) in [5, 5.41) is 2.71. The van der Waals surface area contributed by atoms with Gasteiger partial charge in [-0.15, -0.1) is 0 Å². The van der Waals surface area contributed by atoms with Crippen LogP contribution in [0.25, 0.3) is 11.1 Å². The largest absolute Gasteiger partial charge is 0.497 e. The van der Waals surface area contributed by atoms with E-state index in [0.717, 1.165) is 33.6 Å². The molecule has 4 rings (SSSR count). The van der Waals surface area contributed by atoms with Crippen LogP contribution in [0, 0.1) is 0 Å². The second kappa shape index (κ2) is 13.0. The number of nitrogens with one attached hydrogen (secondary N) is 1. The van der Waals surface area contributed by atoms with E-state index in [2.05, 4.69) is 29.6 Å². The monoisotopic (exact) mass is 507 g/mol. The third-order valence-corrected chi connectivity index (χ3v) is 6.72. The van der Waals surface area contributed by atoms with Crippen LogP contribution in [0.5, 0.6) is 5.75 Å². The van der Waals surface area contributed by atoms with Crippen LogP contribution in [0.1, 0.15) is 36.5 Å². The normalized spacial score (nSPS) is 12.5. The summed E-state index contributed by atoms with van der Waals surface area (Å²) in [6.07, 6.45) is 1.78. The van der Waals surface area contributed by atoms with Gasteiger partial charge in [-0.3, -0.25) is 0 Å². The molecule has 1 aliphatic carbocycles. The lowest BCUT2D eigenvalue weighted by Gasteiger charge is -2.19. The van der Waals surface area contributed by atoms with Crippen LogP contribution in [0.3, 0.4) is 0 Å². The number of ether oxygens (including phenoxy) is 3. The van der Waals surface area contributed by atoms with Crippen LogP contribution in [0.15, 0.2) is 72.8 Å².